The van der Waals surface area contributed by atoms with E-state index in [1.807, 2.05) is 0 Å². The fourth-order valence-corrected chi connectivity index (χ4v) is 1.01. The highest BCUT2D eigenvalue weighted by Gasteiger charge is 2.19. The molecule has 1 unspecified atom stereocenters. The molecule has 0 amide bonds. The van der Waals surface area contributed by atoms with Crippen LogP contribution in [0.15, 0.2) is 11.4 Å². The van der Waals surface area contributed by atoms with E-state index in [4.69, 9.17) is 16.3 Å². The van der Waals surface area contributed by atoms with E-state index in [1.54, 1.807) is 0 Å². The van der Waals surface area contributed by atoms with Gasteiger partial charge < -0.3 is 4.74 Å². The van der Waals surface area contributed by atoms with Gasteiger partial charge in [0.05, 0.1) is 0 Å². The van der Waals surface area contributed by atoms with Crippen molar-refractivity contribution in [1.29, 1.82) is 0 Å². The summed E-state index contributed by atoms with van der Waals surface area (Å²) in [5.41, 5.74) is 0.940. The molecule has 0 spiro atoms. The minimum absolute atomic E-state index is 0.353. The molecule has 1 rings (SSSR count). The molecule has 0 saturated carbocycles. The molecule has 1 heterocycles. The Morgan fingerprint density at radius 1 is 1.78 bits per heavy atom. The maximum Gasteiger partial charge on any atom is 0.140 e. The van der Waals surface area contributed by atoms with Gasteiger partial charge in [0.25, 0.3) is 0 Å². The van der Waals surface area contributed by atoms with Crippen molar-refractivity contribution >= 4 is 11.6 Å². The second-order valence-corrected chi connectivity index (χ2v) is 2.21. The standard InChI is InChI=1S/C6H8ClFO/c7-4-5(8)6-2-1-3-9-6/h4,6H,1-3H2. The van der Waals surface area contributed by atoms with Gasteiger partial charge in [0.1, 0.15) is 11.9 Å². The maximum absolute atomic E-state index is 12.4. The lowest BCUT2D eigenvalue weighted by Gasteiger charge is -2.02. The lowest BCUT2D eigenvalue weighted by atomic mass is 10.2. The summed E-state index contributed by atoms with van der Waals surface area (Å²) in [5, 5.41) is 0. The van der Waals surface area contributed by atoms with Crippen molar-refractivity contribution in [1.82, 2.24) is 0 Å². The maximum atomic E-state index is 12.4. The van der Waals surface area contributed by atoms with Crippen LogP contribution < -0.4 is 0 Å². The average molecular weight is 151 g/mol. The molecule has 0 bridgehead atoms. The van der Waals surface area contributed by atoms with Gasteiger partial charge in [-0.3, -0.25) is 0 Å². The van der Waals surface area contributed by atoms with Crippen molar-refractivity contribution < 1.29 is 9.13 Å². The molecule has 1 atom stereocenters. The van der Waals surface area contributed by atoms with Gasteiger partial charge >= 0.3 is 0 Å². The molecule has 1 fully saturated rings. The minimum Gasteiger partial charge on any atom is -0.371 e. The van der Waals surface area contributed by atoms with Crippen LogP contribution in [0.25, 0.3) is 0 Å². The molecule has 1 nitrogen and oxygen atoms in total. The Balaban J connectivity index is 2.42. The third kappa shape index (κ3) is 1.66. The van der Waals surface area contributed by atoms with Gasteiger partial charge in [0.15, 0.2) is 0 Å². The molecule has 0 aliphatic carbocycles. The number of rotatable bonds is 1. The zero-order valence-corrected chi connectivity index (χ0v) is 5.70. The Hall–Kier alpha value is -0.0800. The summed E-state index contributed by atoms with van der Waals surface area (Å²) in [7, 11) is 0. The van der Waals surface area contributed by atoms with Crippen LogP contribution in [-0.2, 0) is 4.74 Å². The first-order chi connectivity index (χ1) is 4.34. The van der Waals surface area contributed by atoms with Crippen LogP contribution in [-0.4, -0.2) is 12.7 Å². The molecule has 0 radical (unpaired) electrons. The van der Waals surface area contributed by atoms with Crippen LogP contribution in [0, 0.1) is 0 Å². The Bertz CT molecular complexity index is 118. The van der Waals surface area contributed by atoms with Gasteiger partial charge in [0.2, 0.25) is 0 Å². The smallest absolute Gasteiger partial charge is 0.140 e. The highest BCUT2D eigenvalue weighted by molar-refractivity contribution is 6.25. The Labute approximate surface area is 58.5 Å². The molecule has 0 aromatic rings. The molecule has 9 heavy (non-hydrogen) atoms. The predicted molar refractivity (Wildman–Crippen MR) is 34.0 cm³/mol. The lowest BCUT2D eigenvalue weighted by Crippen LogP contribution is -2.03. The Morgan fingerprint density at radius 3 is 3.00 bits per heavy atom. The van der Waals surface area contributed by atoms with Crippen molar-refractivity contribution in [2.24, 2.45) is 0 Å². The quantitative estimate of drug-likeness (QED) is 0.557. The molecular weight excluding hydrogens is 143 g/mol. The molecule has 1 aliphatic rings. The second kappa shape index (κ2) is 3.18. The predicted octanol–water partition coefficient (Wildman–Crippen LogP) is 2.22. The summed E-state index contributed by atoms with van der Waals surface area (Å²) in [6, 6.07) is 0. The van der Waals surface area contributed by atoms with E-state index >= 15 is 0 Å². The first-order valence-corrected chi connectivity index (χ1v) is 3.35. The summed E-state index contributed by atoms with van der Waals surface area (Å²) in [6.07, 6.45) is 1.33. The van der Waals surface area contributed by atoms with Crippen LogP contribution in [0.3, 0.4) is 0 Å². The van der Waals surface area contributed by atoms with Gasteiger partial charge in [-0.2, -0.15) is 0 Å². The van der Waals surface area contributed by atoms with Gasteiger partial charge in [0, 0.05) is 12.1 Å². The average Bonchev–Trinajstić information content (AvgIpc) is 2.37. The van der Waals surface area contributed by atoms with E-state index in [1.165, 1.54) is 0 Å². The van der Waals surface area contributed by atoms with Crippen LogP contribution in [0.2, 0.25) is 0 Å². The summed E-state index contributed by atoms with van der Waals surface area (Å²) in [4.78, 5) is 0. The third-order valence-electron chi connectivity index (χ3n) is 1.34. The monoisotopic (exact) mass is 150 g/mol. The number of halogens is 2. The molecular formula is C6H8ClFO. The molecule has 1 aliphatic heterocycles. The first-order valence-electron chi connectivity index (χ1n) is 2.92. The number of ether oxygens (including phenoxy) is 1. The normalized spacial score (nSPS) is 29.1. The summed E-state index contributed by atoms with van der Waals surface area (Å²) in [5.74, 6) is -0.353. The highest BCUT2D eigenvalue weighted by atomic mass is 35.5. The Morgan fingerprint density at radius 2 is 2.56 bits per heavy atom. The van der Waals surface area contributed by atoms with Crippen LogP contribution in [0.4, 0.5) is 4.39 Å². The lowest BCUT2D eigenvalue weighted by molar-refractivity contribution is 0.120. The van der Waals surface area contributed by atoms with Crippen LogP contribution >= 0.6 is 11.6 Å². The summed E-state index contributed by atoms with van der Waals surface area (Å²) in [6.45, 7) is 0.656. The number of hydrogen-bond donors (Lipinski definition) is 0. The summed E-state index contributed by atoms with van der Waals surface area (Å²) < 4.78 is 17.4. The van der Waals surface area contributed by atoms with E-state index in [9.17, 15) is 4.39 Å². The van der Waals surface area contributed by atoms with Gasteiger partial charge in [-0.1, -0.05) is 11.6 Å². The summed E-state index contributed by atoms with van der Waals surface area (Å²) >= 11 is 5.11. The molecule has 0 aromatic carbocycles. The van der Waals surface area contributed by atoms with E-state index < -0.39 is 0 Å². The SMILES string of the molecule is FC(=CCl)C1CCCO1. The minimum atomic E-state index is -0.359. The highest BCUT2D eigenvalue weighted by Crippen LogP contribution is 2.20. The third-order valence-corrected chi connectivity index (χ3v) is 1.55. The zero-order valence-electron chi connectivity index (χ0n) is 4.94. The van der Waals surface area contributed by atoms with Gasteiger partial charge in [-0.25, -0.2) is 4.39 Å². The van der Waals surface area contributed by atoms with Gasteiger partial charge in [-0.05, 0) is 12.8 Å². The second-order valence-electron chi connectivity index (χ2n) is 2.00. The van der Waals surface area contributed by atoms with E-state index in [2.05, 4.69) is 0 Å². The fraction of sp³-hybridized carbons (Fsp3) is 0.667. The van der Waals surface area contributed by atoms with Crippen molar-refractivity contribution in [3.05, 3.63) is 11.4 Å². The van der Waals surface area contributed by atoms with Crippen molar-refractivity contribution in [2.75, 3.05) is 6.61 Å². The topological polar surface area (TPSA) is 9.23 Å². The molecule has 0 N–H and O–H groups in total. The number of hydrogen-bond acceptors (Lipinski definition) is 1. The zero-order chi connectivity index (χ0) is 6.69. The molecule has 1 saturated heterocycles. The largest absolute Gasteiger partial charge is 0.371 e. The fourth-order valence-electron chi connectivity index (χ4n) is 0.865. The first kappa shape index (κ1) is 7.03. The molecule has 3 heteroatoms. The van der Waals surface area contributed by atoms with Crippen molar-refractivity contribution in [3.63, 3.8) is 0 Å². The van der Waals surface area contributed by atoms with E-state index in [0.717, 1.165) is 18.4 Å². The Kier molecular flexibility index (Phi) is 2.49. The molecule has 52 valence electrons. The van der Waals surface area contributed by atoms with Crippen LogP contribution in [0.5, 0.6) is 0 Å². The van der Waals surface area contributed by atoms with Crippen molar-refractivity contribution in [2.45, 2.75) is 18.9 Å². The van der Waals surface area contributed by atoms with Gasteiger partial charge in [-0.15, -0.1) is 0 Å². The van der Waals surface area contributed by atoms with E-state index in [0.29, 0.717) is 6.61 Å². The van der Waals surface area contributed by atoms with Crippen LogP contribution in [0.1, 0.15) is 12.8 Å². The molecule has 0 aromatic heterocycles. The van der Waals surface area contributed by atoms with Crippen molar-refractivity contribution in [3.8, 4) is 0 Å². The van der Waals surface area contributed by atoms with E-state index in [-0.39, 0.29) is 11.9 Å².